The lowest BCUT2D eigenvalue weighted by molar-refractivity contribution is 0.596. The zero-order valence-electron chi connectivity index (χ0n) is 17.3. The second-order valence-corrected chi connectivity index (χ2v) is 11.2. The maximum atomic E-state index is 4.79. The highest BCUT2D eigenvalue weighted by Gasteiger charge is 2.22. The molecule has 0 amide bonds. The van der Waals surface area contributed by atoms with Gasteiger partial charge in [0, 0.05) is 26.3 Å². The van der Waals surface area contributed by atoms with Gasteiger partial charge in [0.25, 0.3) is 0 Å². The molecule has 0 fully saturated rings. The van der Waals surface area contributed by atoms with Gasteiger partial charge in [-0.3, -0.25) is 0 Å². The van der Waals surface area contributed by atoms with E-state index < -0.39 is 0 Å². The molecule has 2 aromatic heterocycles. The van der Waals surface area contributed by atoms with Crippen LogP contribution in [0.2, 0.25) is 0 Å². The largest absolute Gasteiger partial charge is 0.235 e. The molecule has 0 radical (unpaired) electrons. The Labute approximate surface area is 184 Å². The van der Waals surface area contributed by atoms with E-state index in [-0.39, 0.29) is 5.41 Å². The first-order valence-electron chi connectivity index (χ1n) is 10.4. The van der Waals surface area contributed by atoms with E-state index in [0.717, 1.165) is 17.6 Å². The monoisotopic (exact) mass is 426 g/mol. The molecule has 0 bridgehead atoms. The molecule has 1 aliphatic heterocycles. The molecule has 0 saturated carbocycles. The van der Waals surface area contributed by atoms with Crippen molar-refractivity contribution in [2.24, 2.45) is 0 Å². The summed E-state index contributed by atoms with van der Waals surface area (Å²) in [5.74, 6) is 1.17. The maximum Gasteiger partial charge on any atom is 0.116 e. The molecule has 3 heterocycles. The zero-order chi connectivity index (χ0) is 20.5. The van der Waals surface area contributed by atoms with Crippen molar-refractivity contribution in [2.45, 2.75) is 37.5 Å². The molecule has 0 unspecified atom stereocenters. The van der Waals surface area contributed by atoms with Crippen LogP contribution in [0.15, 0.2) is 59.8 Å². The van der Waals surface area contributed by atoms with Crippen LogP contribution in [0.25, 0.3) is 42.3 Å². The first-order chi connectivity index (χ1) is 14.5. The molecular formula is C26H22N2S2. The Hall–Kier alpha value is -2.43. The fraction of sp³-hybridized carbons (Fsp3) is 0.231. The van der Waals surface area contributed by atoms with Crippen LogP contribution in [0.4, 0.5) is 0 Å². The van der Waals surface area contributed by atoms with Gasteiger partial charge in [-0.15, -0.1) is 23.1 Å². The smallest absolute Gasteiger partial charge is 0.116 e. The third-order valence-electron chi connectivity index (χ3n) is 6.04. The number of aryl methyl sites for hydroxylation is 1. The number of hydrogen-bond donors (Lipinski definition) is 0. The van der Waals surface area contributed by atoms with Crippen LogP contribution >= 0.6 is 23.1 Å². The third-order valence-corrected chi connectivity index (χ3v) is 8.29. The van der Waals surface area contributed by atoms with E-state index in [1.807, 2.05) is 23.1 Å². The second kappa shape index (κ2) is 6.53. The van der Waals surface area contributed by atoms with Crippen molar-refractivity contribution in [3.63, 3.8) is 0 Å². The summed E-state index contributed by atoms with van der Waals surface area (Å²) in [7, 11) is 0. The van der Waals surface area contributed by atoms with Crippen molar-refractivity contribution in [3.05, 3.63) is 66.0 Å². The van der Waals surface area contributed by atoms with Gasteiger partial charge in [0.15, 0.2) is 0 Å². The molecule has 1 aliphatic rings. The van der Waals surface area contributed by atoms with Gasteiger partial charge in [-0.05, 0) is 58.0 Å². The van der Waals surface area contributed by atoms with Crippen LogP contribution in [0.3, 0.4) is 0 Å². The number of fused-ring (bicyclic) bond motifs is 6. The number of benzene rings is 3. The molecule has 5 aromatic rings. The van der Waals surface area contributed by atoms with Crippen LogP contribution in [-0.4, -0.2) is 15.7 Å². The minimum Gasteiger partial charge on any atom is -0.235 e. The third kappa shape index (κ3) is 2.70. The van der Waals surface area contributed by atoms with Crippen molar-refractivity contribution in [3.8, 4) is 11.3 Å². The highest BCUT2D eigenvalue weighted by atomic mass is 32.2. The lowest BCUT2D eigenvalue weighted by atomic mass is 9.82. The molecule has 30 heavy (non-hydrogen) atoms. The number of thiophene rings is 1. The molecule has 0 saturated heterocycles. The average Bonchev–Trinajstić information content (AvgIpc) is 3.35. The molecule has 2 nitrogen and oxygen atoms in total. The summed E-state index contributed by atoms with van der Waals surface area (Å²) >= 11 is 3.80. The van der Waals surface area contributed by atoms with Crippen LogP contribution in [0.1, 0.15) is 31.9 Å². The summed E-state index contributed by atoms with van der Waals surface area (Å²) in [6.07, 6.45) is 2.88. The number of thioether (sulfide) groups is 1. The fourth-order valence-corrected chi connectivity index (χ4v) is 6.90. The van der Waals surface area contributed by atoms with Gasteiger partial charge in [0.2, 0.25) is 0 Å². The molecular weight excluding hydrogens is 404 g/mol. The Morgan fingerprint density at radius 1 is 0.967 bits per heavy atom. The Kier molecular flexibility index (Phi) is 4.00. The molecule has 4 heteroatoms. The minimum atomic E-state index is 0.0555. The van der Waals surface area contributed by atoms with Gasteiger partial charge in [0.1, 0.15) is 6.33 Å². The average molecular weight is 427 g/mol. The highest BCUT2D eigenvalue weighted by molar-refractivity contribution is 7.99. The standard InChI is InChI=1S/C26H22N2S2/c1-26(2,3)19-13-16(12-15-6-4-5-7-17(15)19)23-25-24(28-14-27-23)22-18-10-11-29-20(18)8-9-21(22)30-25/h4-9,12-14H,10-11H2,1-3H3. The normalized spacial score (nSPS) is 14.1. The van der Waals surface area contributed by atoms with Crippen molar-refractivity contribution in [1.82, 2.24) is 9.97 Å². The van der Waals surface area contributed by atoms with Gasteiger partial charge in [-0.25, -0.2) is 9.97 Å². The summed E-state index contributed by atoms with van der Waals surface area (Å²) < 4.78 is 2.53. The first-order valence-corrected chi connectivity index (χ1v) is 12.2. The van der Waals surface area contributed by atoms with Crippen molar-refractivity contribution >= 4 is 54.2 Å². The molecule has 148 valence electrons. The predicted octanol–water partition coefficient (Wildman–Crippen LogP) is 7.61. The lowest BCUT2D eigenvalue weighted by Crippen LogP contribution is -2.12. The van der Waals surface area contributed by atoms with E-state index in [9.17, 15) is 0 Å². The summed E-state index contributed by atoms with van der Waals surface area (Å²) in [4.78, 5) is 11.0. The quantitative estimate of drug-likeness (QED) is 0.276. The first kappa shape index (κ1) is 18.3. The maximum absolute atomic E-state index is 4.79. The Balaban J connectivity index is 1.68. The van der Waals surface area contributed by atoms with Gasteiger partial charge < -0.3 is 0 Å². The summed E-state index contributed by atoms with van der Waals surface area (Å²) in [5, 5.41) is 3.94. The molecule has 3 aromatic carbocycles. The Bertz CT molecular complexity index is 1460. The SMILES string of the molecule is CC(C)(C)c1cc(-c2ncnc3c2sc2ccc4c(c23)CCS4)cc2ccccc12. The molecule has 0 atom stereocenters. The minimum absolute atomic E-state index is 0.0555. The van der Waals surface area contributed by atoms with E-state index in [0.29, 0.717) is 0 Å². The van der Waals surface area contributed by atoms with E-state index in [2.05, 4.69) is 69.3 Å². The van der Waals surface area contributed by atoms with Gasteiger partial charge in [0.05, 0.1) is 15.9 Å². The summed E-state index contributed by atoms with van der Waals surface area (Å²) in [6, 6.07) is 17.9. The number of rotatable bonds is 1. The lowest BCUT2D eigenvalue weighted by Gasteiger charge is -2.22. The van der Waals surface area contributed by atoms with Gasteiger partial charge >= 0.3 is 0 Å². The zero-order valence-corrected chi connectivity index (χ0v) is 19.0. The molecule has 0 aliphatic carbocycles. The topological polar surface area (TPSA) is 25.8 Å². The second-order valence-electron chi connectivity index (χ2n) is 9.01. The molecule has 0 N–H and O–H groups in total. The number of nitrogens with zero attached hydrogens (tertiary/aromatic N) is 2. The van der Waals surface area contributed by atoms with E-state index in [4.69, 9.17) is 9.97 Å². The summed E-state index contributed by atoms with van der Waals surface area (Å²) in [6.45, 7) is 6.86. The molecule has 0 spiro atoms. The fourth-order valence-electron chi connectivity index (χ4n) is 4.63. The van der Waals surface area contributed by atoms with Gasteiger partial charge in [-0.2, -0.15) is 0 Å². The number of hydrogen-bond acceptors (Lipinski definition) is 4. The number of aromatic nitrogens is 2. The predicted molar refractivity (Wildman–Crippen MR) is 131 cm³/mol. The van der Waals surface area contributed by atoms with Gasteiger partial charge in [-0.1, -0.05) is 45.0 Å². The van der Waals surface area contributed by atoms with Crippen LogP contribution in [-0.2, 0) is 11.8 Å². The van der Waals surface area contributed by atoms with Crippen molar-refractivity contribution < 1.29 is 0 Å². The van der Waals surface area contributed by atoms with E-state index in [1.54, 1.807) is 6.33 Å². The van der Waals surface area contributed by atoms with Crippen molar-refractivity contribution in [1.29, 1.82) is 0 Å². The molecule has 6 rings (SSSR count). The highest BCUT2D eigenvalue weighted by Crippen LogP contribution is 2.45. The Morgan fingerprint density at radius 3 is 2.70 bits per heavy atom. The van der Waals surface area contributed by atoms with E-state index in [1.165, 1.54) is 52.9 Å². The Morgan fingerprint density at radius 2 is 1.83 bits per heavy atom. The summed E-state index contributed by atoms with van der Waals surface area (Å²) in [5.41, 5.74) is 6.24. The van der Waals surface area contributed by atoms with Crippen molar-refractivity contribution in [2.75, 3.05) is 5.75 Å². The van der Waals surface area contributed by atoms with Crippen LogP contribution < -0.4 is 0 Å². The van der Waals surface area contributed by atoms with Crippen LogP contribution in [0.5, 0.6) is 0 Å². The van der Waals surface area contributed by atoms with E-state index >= 15 is 0 Å². The van der Waals surface area contributed by atoms with Crippen LogP contribution in [0, 0.1) is 0 Å².